The zero-order chi connectivity index (χ0) is 25.5. The van der Waals surface area contributed by atoms with Gasteiger partial charge in [-0.3, -0.25) is 9.59 Å². The number of rotatable bonds is 11. The summed E-state index contributed by atoms with van der Waals surface area (Å²) < 4.78 is 10.7. The molecule has 4 rings (SSSR count). The summed E-state index contributed by atoms with van der Waals surface area (Å²) in [6, 6.07) is 15.1. The normalized spacial score (nSPS) is 11.0. The van der Waals surface area contributed by atoms with Crippen LogP contribution in [0, 0.1) is 0 Å². The molecule has 0 radical (unpaired) electrons. The Morgan fingerprint density at radius 2 is 1.67 bits per heavy atom. The molecule has 2 aromatic heterocycles. The van der Waals surface area contributed by atoms with E-state index in [0.717, 1.165) is 38.9 Å². The molecule has 2 aromatic carbocycles. The van der Waals surface area contributed by atoms with Crippen molar-refractivity contribution in [3.05, 3.63) is 54.2 Å². The van der Waals surface area contributed by atoms with E-state index in [1.54, 1.807) is 20.3 Å². The number of aliphatic hydroxyl groups excluding tert-OH is 1. The number of hydrogen-bond acceptors (Lipinski definition) is 6. The number of unbranched alkanes of at least 4 members (excludes halogenated alkanes) is 1. The van der Waals surface area contributed by atoms with Gasteiger partial charge in [0, 0.05) is 41.9 Å². The highest BCUT2D eigenvalue weighted by molar-refractivity contribution is 6.13. The van der Waals surface area contributed by atoms with E-state index >= 15 is 0 Å². The highest BCUT2D eigenvalue weighted by atomic mass is 16.5. The van der Waals surface area contributed by atoms with E-state index in [9.17, 15) is 9.59 Å². The average Bonchev–Trinajstić information content (AvgIpc) is 3.28. The van der Waals surface area contributed by atoms with Crippen molar-refractivity contribution in [3.8, 4) is 22.8 Å². The lowest BCUT2D eigenvalue weighted by atomic mass is 10.1. The third kappa shape index (κ3) is 5.58. The number of ether oxygens (including phenoxy) is 2. The molecule has 0 aliphatic rings. The van der Waals surface area contributed by atoms with E-state index in [1.165, 1.54) is 0 Å². The van der Waals surface area contributed by atoms with Gasteiger partial charge in [-0.2, -0.15) is 0 Å². The number of H-pyrrole nitrogens is 1. The molecule has 0 bridgehead atoms. The number of methoxy groups -OCH3 is 2. The Labute approximate surface area is 208 Å². The van der Waals surface area contributed by atoms with Gasteiger partial charge in [0.25, 0.3) is 5.91 Å². The van der Waals surface area contributed by atoms with Crippen molar-refractivity contribution < 1.29 is 24.2 Å². The first kappa shape index (κ1) is 25.0. The second-order valence-corrected chi connectivity index (χ2v) is 8.33. The minimum Gasteiger partial charge on any atom is -0.497 e. The number of nitrogens with one attached hydrogen (secondary N) is 3. The zero-order valence-electron chi connectivity index (χ0n) is 20.4. The van der Waals surface area contributed by atoms with Crippen molar-refractivity contribution in [3.63, 3.8) is 0 Å². The summed E-state index contributed by atoms with van der Waals surface area (Å²) in [6.07, 6.45) is 1.63. The van der Waals surface area contributed by atoms with Gasteiger partial charge in [-0.05, 0) is 55.3 Å². The minimum atomic E-state index is -0.278. The number of amides is 2. The maximum atomic E-state index is 13.0. The van der Waals surface area contributed by atoms with E-state index in [2.05, 4.69) is 15.6 Å². The van der Waals surface area contributed by atoms with E-state index in [1.807, 2.05) is 42.5 Å². The van der Waals surface area contributed by atoms with Crippen LogP contribution < -0.4 is 20.1 Å². The second kappa shape index (κ2) is 11.5. The first-order chi connectivity index (χ1) is 17.5. The molecule has 0 spiro atoms. The van der Waals surface area contributed by atoms with E-state index in [-0.39, 0.29) is 25.0 Å². The van der Waals surface area contributed by atoms with Gasteiger partial charge in [0.05, 0.1) is 37.6 Å². The molecule has 4 aromatic rings. The predicted molar refractivity (Wildman–Crippen MR) is 138 cm³/mol. The van der Waals surface area contributed by atoms with Crippen LogP contribution in [0.3, 0.4) is 0 Å². The van der Waals surface area contributed by atoms with Crippen LogP contribution in [0.4, 0.5) is 0 Å². The third-order valence-corrected chi connectivity index (χ3v) is 5.94. The first-order valence-corrected chi connectivity index (χ1v) is 11.8. The molecule has 0 unspecified atom stereocenters. The molecule has 2 heterocycles. The number of carbonyl (C=O) groups is 2. The monoisotopic (exact) mass is 490 g/mol. The van der Waals surface area contributed by atoms with Crippen LogP contribution in [-0.4, -0.2) is 60.8 Å². The topological polar surface area (TPSA) is 126 Å². The lowest BCUT2D eigenvalue weighted by molar-refractivity contribution is -0.121. The van der Waals surface area contributed by atoms with E-state index < -0.39 is 0 Å². The summed E-state index contributed by atoms with van der Waals surface area (Å²) in [5, 5.41) is 16.1. The van der Waals surface area contributed by atoms with Gasteiger partial charge in [-0.15, -0.1) is 0 Å². The van der Waals surface area contributed by atoms with Crippen molar-refractivity contribution in [1.82, 2.24) is 20.6 Å². The maximum absolute atomic E-state index is 13.0. The van der Waals surface area contributed by atoms with Crippen LogP contribution in [-0.2, 0) is 4.79 Å². The lowest BCUT2D eigenvalue weighted by Crippen LogP contribution is -2.27. The number of benzene rings is 2. The smallest absolute Gasteiger partial charge is 0.269 e. The van der Waals surface area contributed by atoms with Gasteiger partial charge in [0.1, 0.15) is 17.2 Å². The SMILES string of the molecule is COc1ccc(-c2nc(C(=O)NCCCCC(=O)NCCO)cc3c2[nH]c2cc(OC)ccc23)cc1. The first-order valence-electron chi connectivity index (χ1n) is 11.8. The van der Waals surface area contributed by atoms with E-state index in [4.69, 9.17) is 19.6 Å². The molecule has 0 atom stereocenters. The molecule has 36 heavy (non-hydrogen) atoms. The number of hydrogen-bond donors (Lipinski definition) is 4. The number of aromatic amines is 1. The van der Waals surface area contributed by atoms with Crippen LogP contribution in [0.25, 0.3) is 33.1 Å². The van der Waals surface area contributed by atoms with Crippen molar-refractivity contribution >= 4 is 33.6 Å². The van der Waals surface area contributed by atoms with Gasteiger partial charge < -0.3 is 30.2 Å². The molecule has 9 heteroatoms. The zero-order valence-corrected chi connectivity index (χ0v) is 20.4. The number of carbonyl (C=O) groups excluding carboxylic acids is 2. The highest BCUT2D eigenvalue weighted by Gasteiger charge is 2.17. The van der Waals surface area contributed by atoms with Crippen LogP contribution in [0.5, 0.6) is 11.5 Å². The summed E-state index contributed by atoms with van der Waals surface area (Å²) in [4.78, 5) is 32.8. The predicted octanol–water partition coefficient (Wildman–Crippen LogP) is 3.41. The fourth-order valence-electron chi connectivity index (χ4n) is 4.07. The van der Waals surface area contributed by atoms with Gasteiger partial charge in [-0.25, -0.2) is 4.98 Å². The number of fused-ring (bicyclic) bond motifs is 3. The molecule has 0 aliphatic heterocycles. The van der Waals surface area contributed by atoms with Crippen molar-refractivity contribution in [2.75, 3.05) is 33.9 Å². The van der Waals surface area contributed by atoms with E-state index in [0.29, 0.717) is 37.2 Å². The molecule has 188 valence electrons. The molecule has 4 N–H and O–H groups in total. The molecule has 0 fully saturated rings. The number of nitrogens with zero attached hydrogens (tertiary/aromatic N) is 1. The van der Waals surface area contributed by atoms with Gasteiger partial charge >= 0.3 is 0 Å². The molecule has 0 saturated carbocycles. The Kier molecular flexibility index (Phi) is 8.02. The Morgan fingerprint density at radius 1 is 0.917 bits per heavy atom. The van der Waals surface area contributed by atoms with Crippen LogP contribution in [0.15, 0.2) is 48.5 Å². The Hall–Kier alpha value is -4.11. The van der Waals surface area contributed by atoms with Crippen molar-refractivity contribution in [2.45, 2.75) is 19.3 Å². The Bertz CT molecular complexity index is 1360. The van der Waals surface area contributed by atoms with Gasteiger partial charge in [-0.1, -0.05) is 0 Å². The standard InChI is InChI=1S/C27H30N4O5/c1-35-18-8-6-17(7-9-18)25-26-21(20-11-10-19(36-2)15-22(20)30-26)16-23(31-25)27(34)29-12-4-3-5-24(33)28-13-14-32/h6-11,15-16,30,32H,3-5,12-14H2,1-2H3,(H,28,33)(H,29,34). The molecule has 0 saturated heterocycles. The largest absolute Gasteiger partial charge is 0.497 e. The Morgan fingerprint density at radius 3 is 2.39 bits per heavy atom. The number of aliphatic hydroxyl groups is 1. The fourth-order valence-corrected chi connectivity index (χ4v) is 4.07. The second-order valence-electron chi connectivity index (χ2n) is 8.33. The molecule has 0 aliphatic carbocycles. The summed E-state index contributed by atoms with van der Waals surface area (Å²) in [6.45, 7) is 0.595. The summed E-state index contributed by atoms with van der Waals surface area (Å²) in [7, 11) is 3.24. The minimum absolute atomic E-state index is 0.0817. The van der Waals surface area contributed by atoms with Crippen LogP contribution >= 0.6 is 0 Å². The number of aromatic nitrogens is 2. The van der Waals surface area contributed by atoms with Gasteiger partial charge in [0.2, 0.25) is 5.91 Å². The fraction of sp³-hybridized carbons (Fsp3) is 0.296. The third-order valence-electron chi connectivity index (χ3n) is 5.94. The van der Waals surface area contributed by atoms with Crippen molar-refractivity contribution in [2.24, 2.45) is 0 Å². The molecular formula is C27H30N4O5. The average molecular weight is 491 g/mol. The lowest BCUT2D eigenvalue weighted by Gasteiger charge is -2.09. The summed E-state index contributed by atoms with van der Waals surface area (Å²) in [5.74, 6) is 1.08. The molecule has 9 nitrogen and oxygen atoms in total. The summed E-state index contributed by atoms with van der Waals surface area (Å²) >= 11 is 0. The molecular weight excluding hydrogens is 460 g/mol. The van der Waals surface area contributed by atoms with Crippen LogP contribution in [0.1, 0.15) is 29.8 Å². The molecule has 2 amide bonds. The highest BCUT2D eigenvalue weighted by Crippen LogP contribution is 2.34. The maximum Gasteiger partial charge on any atom is 0.269 e. The van der Waals surface area contributed by atoms with Crippen LogP contribution in [0.2, 0.25) is 0 Å². The van der Waals surface area contributed by atoms with Crippen molar-refractivity contribution in [1.29, 1.82) is 0 Å². The number of pyridine rings is 1. The van der Waals surface area contributed by atoms with Gasteiger partial charge in [0.15, 0.2) is 0 Å². The Balaban J connectivity index is 1.60. The quantitative estimate of drug-likeness (QED) is 0.239. The summed E-state index contributed by atoms with van der Waals surface area (Å²) in [5.41, 5.74) is 3.54.